The van der Waals surface area contributed by atoms with Crippen LogP contribution in [-0.4, -0.2) is 11.6 Å². The molecule has 2 N–H and O–H groups in total. The summed E-state index contributed by atoms with van der Waals surface area (Å²) in [4.78, 5) is 3.94. The molecular formula is C12H18N2O. The van der Waals surface area contributed by atoms with Gasteiger partial charge in [0.15, 0.2) is 0 Å². The smallest absolute Gasteiger partial charge is 0.123 e. The number of nitrogen functional groups attached to an aromatic ring is 1. The largest absolute Gasteiger partial charge is 0.384 e. The van der Waals surface area contributed by atoms with Crippen molar-refractivity contribution in [3.05, 3.63) is 23.9 Å². The van der Waals surface area contributed by atoms with Crippen molar-refractivity contribution in [1.29, 1.82) is 0 Å². The third-order valence-electron chi connectivity index (χ3n) is 3.01. The van der Waals surface area contributed by atoms with E-state index in [1.807, 2.05) is 12.1 Å². The first-order valence-electron chi connectivity index (χ1n) is 5.63. The Kier molecular flexibility index (Phi) is 3.56. The van der Waals surface area contributed by atoms with E-state index in [2.05, 4.69) is 4.98 Å². The Balaban J connectivity index is 1.64. The molecule has 15 heavy (non-hydrogen) atoms. The van der Waals surface area contributed by atoms with Gasteiger partial charge in [-0.05, 0) is 30.0 Å². The number of hydrogen-bond acceptors (Lipinski definition) is 3. The SMILES string of the molecule is Nc1cc(COCCC2CCC2)ccn1. The number of rotatable bonds is 5. The van der Waals surface area contributed by atoms with Crippen molar-refractivity contribution in [1.82, 2.24) is 4.98 Å². The Morgan fingerprint density at radius 2 is 2.33 bits per heavy atom. The van der Waals surface area contributed by atoms with Crippen LogP contribution >= 0.6 is 0 Å². The Labute approximate surface area is 90.7 Å². The molecule has 0 unspecified atom stereocenters. The summed E-state index contributed by atoms with van der Waals surface area (Å²) in [6.45, 7) is 1.52. The molecule has 82 valence electrons. The number of pyridine rings is 1. The molecule has 0 bridgehead atoms. The molecule has 0 aliphatic heterocycles. The van der Waals surface area contributed by atoms with Gasteiger partial charge in [-0.15, -0.1) is 0 Å². The fraction of sp³-hybridized carbons (Fsp3) is 0.583. The van der Waals surface area contributed by atoms with Crippen molar-refractivity contribution in [2.45, 2.75) is 32.3 Å². The van der Waals surface area contributed by atoms with Crippen LogP contribution in [0.25, 0.3) is 0 Å². The van der Waals surface area contributed by atoms with Crippen LogP contribution in [0.4, 0.5) is 5.82 Å². The van der Waals surface area contributed by atoms with Gasteiger partial charge in [0, 0.05) is 12.8 Å². The minimum Gasteiger partial charge on any atom is -0.384 e. The van der Waals surface area contributed by atoms with Crippen molar-refractivity contribution in [3.8, 4) is 0 Å². The van der Waals surface area contributed by atoms with E-state index in [-0.39, 0.29) is 0 Å². The van der Waals surface area contributed by atoms with Crippen molar-refractivity contribution >= 4 is 5.82 Å². The maximum Gasteiger partial charge on any atom is 0.123 e. The molecule has 3 heteroatoms. The normalized spacial score (nSPS) is 16.3. The van der Waals surface area contributed by atoms with E-state index in [4.69, 9.17) is 10.5 Å². The van der Waals surface area contributed by atoms with Crippen molar-refractivity contribution in [2.24, 2.45) is 5.92 Å². The minimum atomic E-state index is 0.565. The summed E-state index contributed by atoms with van der Waals surface area (Å²) in [6.07, 6.45) is 7.13. The van der Waals surface area contributed by atoms with E-state index in [0.29, 0.717) is 12.4 Å². The Morgan fingerprint density at radius 1 is 1.47 bits per heavy atom. The molecule has 1 fully saturated rings. The molecule has 0 spiro atoms. The first-order valence-corrected chi connectivity index (χ1v) is 5.63. The lowest BCUT2D eigenvalue weighted by molar-refractivity contribution is 0.0950. The monoisotopic (exact) mass is 206 g/mol. The van der Waals surface area contributed by atoms with Gasteiger partial charge in [0.05, 0.1) is 6.61 Å². The third-order valence-corrected chi connectivity index (χ3v) is 3.01. The number of ether oxygens (including phenoxy) is 1. The molecule has 1 aliphatic rings. The fourth-order valence-corrected chi connectivity index (χ4v) is 1.81. The highest BCUT2D eigenvalue weighted by molar-refractivity contribution is 5.31. The van der Waals surface area contributed by atoms with Crippen LogP contribution in [0.15, 0.2) is 18.3 Å². The summed E-state index contributed by atoms with van der Waals surface area (Å²) in [6, 6.07) is 3.81. The highest BCUT2D eigenvalue weighted by Gasteiger charge is 2.16. The van der Waals surface area contributed by atoms with Crippen molar-refractivity contribution in [2.75, 3.05) is 12.3 Å². The zero-order valence-corrected chi connectivity index (χ0v) is 8.98. The lowest BCUT2D eigenvalue weighted by Gasteiger charge is -2.24. The second-order valence-electron chi connectivity index (χ2n) is 4.23. The number of hydrogen-bond donors (Lipinski definition) is 1. The topological polar surface area (TPSA) is 48.1 Å². The van der Waals surface area contributed by atoms with Gasteiger partial charge in [0.25, 0.3) is 0 Å². The molecule has 1 heterocycles. The summed E-state index contributed by atoms with van der Waals surface area (Å²) < 4.78 is 5.60. The van der Waals surface area contributed by atoms with E-state index in [1.54, 1.807) is 6.20 Å². The van der Waals surface area contributed by atoms with Crippen LogP contribution in [0, 0.1) is 5.92 Å². The number of nitrogens with zero attached hydrogens (tertiary/aromatic N) is 1. The van der Waals surface area contributed by atoms with Gasteiger partial charge in [0.1, 0.15) is 5.82 Å². The maximum atomic E-state index is 5.60. The molecule has 3 nitrogen and oxygen atoms in total. The first-order chi connectivity index (χ1) is 7.34. The Bertz CT molecular complexity index is 310. The fourth-order valence-electron chi connectivity index (χ4n) is 1.81. The van der Waals surface area contributed by atoms with E-state index in [9.17, 15) is 0 Å². The Morgan fingerprint density at radius 3 is 3.00 bits per heavy atom. The first kappa shape index (κ1) is 10.4. The van der Waals surface area contributed by atoms with Crippen molar-refractivity contribution < 1.29 is 4.74 Å². The lowest BCUT2D eigenvalue weighted by Crippen LogP contribution is -2.13. The van der Waals surface area contributed by atoms with E-state index in [1.165, 1.54) is 25.7 Å². The Hall–Kier alpha value is -1.09. The summed E-state index contributed by atoms with van der Waals surface area (Å²) >= 11 is 0. The summed E-state index contributed by atoms with van der Waals surface area (Å²) in [5.41, 5.74) is 6.68. The number of nitrogens with two attached hydrogens (primary N) is 1. The van der Waals surface area contributed by atoms with Crippen LogP contribution < -0.4 is 5.73 Å². The van der Waals surface area contributed by atoms with E-state index >= 15 is 0 Å². The highest BCUT2D eigenvalue weighted by Crippen LogP contribution is 2.29. The molecule has 0 aromatic carbocycles. The molecule has 1 saturated carbocycles. The average molecular weight is 206 g/mol. The predicted octanol–water partition coefficient (Wildman–Crippen LogP) is 2.37. The molecule has 0 saturated heterocycles. The zero-order valence-electron chi connectivity index (χ0n) is 8.98. The van der Waals surface area contributed by atoms with Gasteiger partial charge < -0.3 is 10.5 Å². The second kappa shape index (κ2) is 5.12. The van der Waals surface area contributed by atoms with Crippen LogP contribution in [-0.2, 0) is 11.3 Å². The third kappa shape index (κ3) is 3.20. The zero-order chi connectivity index (χ0) is 10.5. The lowest BCUT2D eigenvalue weighted by atomic mass is 9.83. The quantitative estimate of drug-likeness (QED) is 0.752. The highest BCUT2D eigenvalue weighted by atomic mass is 16.5. The van der Waals surface area contributed by atoms with Gasteiger partial charge in [-0.2, -0.15) is 0 Å². The molecule has 1 aromatic heterocycles. The van der Waals surface area contributed by atoms with E-state index < -0.39 is 0 Å². The number of aromatic nitrogens is 1. The molecule has 1 aromatic rings. The van der Waals surface area contributed by atoms with Crippen LogP contribution in [0.2, 0.25) is 0 Å². The van der Waals surface area contributed by atoms with Crippen LogP contribution in [0.1, 0.15) is 31.2 Å². The van der Waals surface area contributed by atoms with Gasteiger partial charge in [0.2, 0.25) is 0 Å². The maximum absolute atomic E-state index is 5.60. The molecule has 0 radical (unpaired) electrons. The van der Waals surface area contributed by atoms with Crippen LogP contribution in [0.3, 0.4) is 0 Å². The molecule has 0 amide bonds. The van der Waals surface area contributed by atoms with Gasteiger partial charge in [-0.3, -0.25) is 0 Å². The minimum absolute atomic E-state index is 0.565. The predicted molar refractivity (Wildman–Crippen MR) is 60.3 cm³/mol. The van der Waals surface area contributed by atoms with Crippen molar-refractivity contribution in [3.63, 3.8) is 0 Å². The summed E-state index contributed by atoms with van der Waals surface area (Å²) in [5, 5.41) is 0. The van der Waals surface area contributed by atoms with Gasteiger partial charge in [-0.1, -0.05) is 19.3 Å². The summed E-state index contributed by atoms with van der Waals surface area (Å²) in [5.74, 6) is 1.49. The van der Waals surface area contributed by atoms with E-state index in [0.717, 1.165) is 18.1 Å². The number of anilines is 1. The molecular weight excluding hydrogens is 188 g/mol. The second-order valence-corrected chi connectivity index (χ2v) is 4.23. The molecule has 1 aliphatic carbocycles. The summed E-state index contributed by atoms with van der Waals surface area (Å²) in [7, 11) is 0. The standard InChI is InChI=1S/C12H18N2O/c13-12-8-11(4-6-14-12)9-15-7-5-10-2-1-3-10/h4,6,8,10H,1-3,5,7,9H2,(H2,13,14). The molecule has 0 atom stereocenters. The van der Waals surface area contributed by atoms with Gasteiger partial charge in [-0.25, -0.2) is 4.98 Å². The average Bonchev–Trinajstić information content (AvgIpc) is 2.15. The van der Waals surface area contributed by atoms with Gasteiger partial charge >= 0.3 is 0 Å². The van der Waals surface area contributed by atoms with Crippen LogP contribution in [0.5, 0.6) is 0 Å². The molecule has 2 rings (SSSR count).